The number of ether oxygens (including phenoxy) is 3. The third-order valence-corrected chi connectivity index (χ3v) is 6.54. The van der Waals surface area contributed by atoms with Crippen LogP contribution in [-0.2, 0) is 10.2 Å². The van der Waals surface area contributed by atoms with Crippen LogP contribution in [0.1, 0.15) is 37.7 Å². The van der Waals surface area contributed by atoms with Gasteiger partial charge in [-0.2, -0.15) is 9.78 Å². The fourth-order valence-electron chi connectivity index (χ4n) is 4.02. The van der Waals surface area contributed by atoms with Crippen molar-refractivity contribution >= 4 is 44.6 Å². The Hall–Kier alpha value is -4.18. The number of carbonyl (C=O) groups excluding carboxylic acids is 1. The Morgan fingerprint density at radius 2 is 1.75 bits per heavy atom. The van der Waals surface area contributed by atoms with E-state index in [0.717, 1.165) is 10.0 Å². The van der Waals surface area contributed by atoms with E-state index < -0.39 is 5.41 Å². The van der Waals surface area contributed by atoms with Crippen LogP contribution in [-0.4, -0.2) is 42.6 Å². The molecule has 0 atom stereocenters. The van der Waals surface area contributed by atoms with Crippen molar-refractivity contribution < 1.29 is 19.0 Å². The summed E-state index contributed by atoms with van der Waals surface area (Å²) >= 11 is 3.43. The summed E-state index contributed by atoms with van der Waals surface area (Å²) in [4.78, 5) is 30.7. The number of hydrogen-bond donors (Lipinski definition) is 1. The number of para-hydroxylation sites is 1. The second kappa shape index (κ2) is 11.9. The number of rotatable bonds is 8. The van der Waals surface area contributed by atoms with Gasteiger partial charge in [0.05, 0.1) is 31.3 Å². The molecule has 0 unspecified atom stereocenters. The molecule has 0 spiro atoms. The molecule has 0 aliphatic carbocycles. The first-order valence-corrected chi connectivity index (χ1v) is 13.3. The monoisotopic (exact) mass is 606 g/mol. The Morgan fingerprint density at radius 3 is 2.38 bits per heavy atom. The summed E-state index contributed by atoms with van der Waals surface area (Å²) in [7, 11) is 2.98. The molecule has 1 aromatic heterocycles. The third kappa shape index (κ3) is 6.34. The molecule has 0 aliphatic heterocycles. The molecule has 4 rings (SSSR count). The second-order valence-electron chi connectivity index (χ2n) is 10.1. The minimum absolute atomic E-state index is 0.253. The molecule has 0 fully saturated rings. The summed E-state index contributed by atoms with van der Waals surface area (Å²) in [5.41, 5.74) is 2.10. The van der Waals surface area contributed by atoms with E-state index in [1.54, 1.807) is 24.3 Å². The Balaban J connectivity index is 1.66. The van der Waals surface area contributed by atoms with Crippen molar-refractivity contribution in [1.29, 1.82) is 0 Å². The molecular formula is C30H31BrN4O5. The Morgan fingerprint density at radius 1 is 1.07 bits per heavy atom. The van der Waals surface area contributed by atoms with E-state index in [2.05, 4.69) is 26.3 Å². The van der Waals surface area contributed by atoms with E-state index in [-0.39, 0.29) is 23.8 Å². The number of benzene rings is 3. The second-order valence-corrected chi connectivity index (χ2v) is 11.0. The number of aryl methyl sites for hydroxylation is 1. The molecule has 1 N–H and O–H groups in total. The van der Waals surface area contributed by atoms with Crippen LogP contribution < -0.4 is 25.1 Å². The van der Waals surface area contributed by atoms with Crippen molar-refractivity contribution in [2.75, 3.05) is 26.1 Å². The van der Waals surface area contributed by atoms with Gasteiger partial charge in [-0.3, -0.25) is 9.59 Å². The number of amides is 1. The Bertz CT molecular complexity index is 1630. The topological polar surface area (TPSA) is 104 Å². The number of aromatic nitrogens is 2. The highest BCUT2D eigenvalue weighted by Crippen LogP contribution is 2.38. The van der Waals surface area contributed by atoms with Crippen LogP contribution in [0.15, 0.2) is 69.0 Å². The van der Waals surface area contributed by atoms with Crippen molar-refractivity contribution in [1.82, 2.24) is 9.66 Å². The quantitative estimate of drug-likeness (QED) is 0.259. The van der Waals surface area contributed by atoms with Crippen LogP contribution in [0, 0.1) is 6.92 Å². The summed E-state index contributed by atoms with van der Waals surface area (Å²) < 4.78 is 19.0. The minimum Gasteiger partial charge on any atom is -0.493 e. The summed E-state index contributed by atoms with van der Waals surface area (Å²) in [6, 6.07) is 16.2. The Labute approximate surface area is 240 Å². The summed E-state index contributed by atoms with van der Waals surface area (Å²) in [5, 5.41) is 7.80. The zero-order valence-electron chi connectivity index (χ0n) is 23.2. The summed E-state index contributed by atoms with van der Waals surface area (Å²) in [5.74, 6) is 1.14. The molecule has 208 valence electrons. The number of methoxy groups -OCH3 is 2. The van der Waals surface area contributed by atoms with Crippen molar-refractivity contribution in [3.05, 3.63) is 86.4 Å². The van der Waals surface area contributed by atoms with Crippen molar-refractivity contribution in [3.8, 4) is 17.2 Å². The van der Waals surface area contributed by atoms with Crippen LogP contribution in [0.4, 0.5) is 5.69 Å². The average Bonchev–Trinajstić information content (AvgIpc) is 2.92. The molecular weight excluding hydrogens is 576 g/mol. The standard InChI is InChI=1S/C30H31BrN4O5/c1-18-9-7-8-10-22(18)33-26(36)17-40-27-24(38-5)13-19(14-25(27)39-6)16-32-35-28(37)21-15-20(31)11-12-23(21)34-29(35)30(2,3)4/h7-16H,17H2,1-6H3,(H,33,36). The molecule has 10 heteroatoms. The lowest BCUT2D eigenvalue weighted by Gasteiger charge is -2.21. The number of nitrogens with zero attached hydrogens (tertiary/aromatic N) is 3. The van der Waals surface area contributed by atoms with Crippen LogP contribution in [0.25, 0.3) is 10.9 Å². The maximum Gasteiger partial charge on any atom is 0.282 e. The van der Waals surface area contributed by atoms with E-state index in [1.807, 2.05) is 58.0 Å². The van der Waals surface area contributed by atoms with Gasteiger partial charge in [0.15, 0.2) is 18.1 Å². The average molecular weight is 608 g/mol. The fourth-order valence-corrected chi connectivity index (χ4v) is 4.38. The molecule has 0 saturated heterocycles. The van der Waals surface area contributed by atoms with Gasteiger partial charge in [-0.15, -0.1) is 0 Å². The zero-order valence-corrected chi connectivity index (χ0v) is 24.8. The van der Waals surface area contributed by atoms with E-state index >= 15 is 0 Å². The van der Waals surface area contributed by atoms with Gasteiger partial charge in [0.2, 0.25) is 5.75 Å². The number of hydrogen-bond acceptors (Lipinski definition) is 7. The van der Waals surface area contributed by atoms with Gasteiger partial charge in [-0.05, 0) is 48.9 Å². The number of nitrogens with one attached hydrogen (secondary N) is 1. The fraction of sp³-hybridized carbons (Fsp3) is 0.267. The lowest BCUT2D eigenvalue weighted by molar-refractivity contribution is -0.118. The highest BCUT2D eigenvalue weighted by Gasteiger charge is 2.23. The zero-order chi connectivity index (χ0) is 29.0. The molecule has 0 bridgehead atoms. The highest BCUT2D eigenvalue weighted by atomic mass is 79.9. The molecule has 3 aromatic carbocycles. The first-order valence-electron chi connectivity index (χ1n) is 12.5. The van der Waals surface area contributed by atoms with E-state index in [0.29, 0.717) is 39.5 Å². The van der Waals surface area contributed by atoms with E-state index in [4.69, 9.17) is 19.2 Å². The number of halogens is 1. The maximum atomic E-state index is 13.5. The van der Waals surface area contributed by atoms with E-state index in [1.165, 1.54) is 25.1 Å². The Kier molecular flexibility index (Phi) is 8.58. The van der Waals surface area contributed by atoms with Gasteiger partial charge in [0, 0.05) is 21.1 Å². The van der Waals surface area contributed by atoms with Crippen molar-refractivity contribution in [3.63, 3.8) is 0 Å². The molecule has 4 aromatic rings. The smallest absolute Gasteiger partial charge is 0.282 e. The molecule has 40 heavy (non-hydrogen) atoms. The lowest BCUT2D eigenvalue weighted by atomic mass is 9.95. The number of carbonyl (C=O) groups is 1. The predicted molar refractivity (Wildman–Crippen MR) is 160 cm³/mol. The highest BCUT2D eigenvalue weighted by molar-refractivity contribution is 9.10. The molecule has 1 amide bonds. The maximum absolute atomic E-state index is 13.5. The molecule has 0 saturated carbocycles. The molecule has 1 heterocycles. The van der Waals surface area contributed by atoms with Gasteiger partial charge in [-0.1, -0.05) is 54.9 Å². The first-order chi connectivity index (χ1) is 19.0. The van der Waals surface area contributed by atoms with Crippen LogP contribution in [0.5, 0.6) is 17.2 Å². The van der Waals surface area contributed by atoms with Gasteiger partial charge < -0.3 is 19.5 Å². The number of fused-ring (bicyclic) bond motifs is 1. The van der Waals surface area contributed by atoms with Gasteiger partial charge in [-0.25, -0.2) is 4.98 Å². The largest absolute Gasteiger partial charge is 0.493 e. The molecule has 0 radical (unpaired) electrons. The first kappa shape index (κ1) is 28.8. The third-order valence-electron chi connectivity index (χ3n) is 6.05. The van der Waals surface area contributed by atoms with Crippen LogP contribution >= 0.6 is 15.9 Å². The lowest BCUT2D eigenvalue weighted by Crippen LogP contribution is -2.29. The minimum atomic E-state index is -0.455. The van der Waals surface area contributed by atoms with Crippen LogP contribution in [0.2, 0.25) is 0 Å². The van der Waals surface area contributed by atoms with Gasteiger partial charge in [0.25, 0.3) is 11.5 Å². The predicted octanol–water partition coefficient (Wildman–Crippen LogP) is 5.68. The SMILES string of the molecule is COc1cc(C=Nn2c(C(C)(C)C)nc3ccc(Br)cc3c2=O)cc(OC)c1OCC(=O)Nc1ccccc1C. The van der Waals surface area contributed by atoms with Crippen molar-refractivity contribution in [2.24, 2.45) is 5.10 Å². The van der Waals surface area contributed by atoms with E-state index in [9.17, 15) is 9.59 Å². The van der Waals surface area contributed by atoms with Crippen LogP contribution in [0.3, 0.4) is 0 Å². The van der Waals surface area contributed by atoms with Crippen molar-refractivity contribution in [2.45, 2.75) is 33.1 Å². The van der Waals surface area contributed by atoms with Gasteiger partial charge >= 0.3 is 0 Å². The normalized spacial score (nSPS) is 11.6. The van der Waals surface area contributed by atoms with Gasteiger partial charge in [0.1, 0.15) is 5.82 Å². The molecule has 0 aliphatic rings. The summed E-state index contributed by atoms with van der Waals surface area (Å²) in [6.45, 7) is 7.57. The number of anilines is 1. The summed E-state index contributed by atoms with van der Waals surface area (Å²) in [6.07, 6.45) is 1.53. The molecule has 9 nitrogen and oxygen atoms in total.